The highest BCUT2D eigenvalue weighted by Crippen LogP contribution is 2.38. The largest absolute Gasteiger partial charge is 0.497 e. The van der Waals surface area contributed by atoms with Crippen molar-refractivity contribution in [1.29, 1.82) is 0 Å². The average Bonchev–Trinajstić information content (AvgIpc) is 3.18. The molecule has 2 heterocycles. The molecule has 0 fully saturated rings. The second-order valence-corrected chi connectivity index (χ2v) is 5.22. The number of aromatic nitrogens is 2. The number of ether oxygens (including phenoxy) is 1. The quantitative estimate of drug-likeness (QED) is 0.598. The van der Waals surface area contributed by atoms with Gasteiger partial charge in [0, 0.05) is 16.5 Å². The van der Waals surface area contributed by atoms with Crippen LogP contribution in [0.25, 0.3) is 33.4 Å². The Morgan fingerprint density at radius 3 is 2.57 bits per heavy atom. The Bertz CT molecular complexity index is 968. The number of hydrogen-bond acceptors (Lipinski definition) is 4. The summed E-state index contributed by atoms with van der Waals surface area (Å²) in [5.74, 6) is 0.817. The molecule has 5 nitrogen and oxygen atoms in total. The summed E-state index contributed by atoms with van der Waals surface area (Å²) in [6.07, 6.45) is 1.58. The highest BCUT2D eigenvalue weighted by Gasteiger charge is 2.17. The molecule has 114 valence electrons. The smallest absolute Gasteiger partial charge is 0.292 e. The van der Waals surface area contributed by atoms with Crippen LogP contribution in [-0.2, 0) is 0 Å². The fourth-order valence-electron chi connectivity index (χ4n) is 2.78. The normalized spacial score (nSPS) is 11.0. The van der Waals surface area contributed by atoms with E-state index in [1.54, 1.807) is 13.4 Å². The molecule has 0 unspecified atom stereocenters. The van der Waals surface area contributed by atoms with Gasteiger partial charge in [-0.15, -0.1) is 0 Å². The molecule has 2 aromatic carbocycles. The Labute approximate surface area is 132 Å². The first-order valence-electron chi connectivity index (χ1n) is 7.23. The first kappa shape index (κ1) is 13.5. The zero-order valence-electron chi connectivity index (χ0n) is 12.5. The monoisotopic (exact) mass is 305 g/mol. The molecule has 0 aliphatic carbocycles. The van der Waals surface area contributed by atoms with Crippen LogP contribution in [0.3, 0.4) is 0 Å². The predicted octanol–water partition coefficient (Wildman–Crippen LogP) is 4.08. The first-order chi connectivity index (χ1) is 11.3. The lowest BCUT2D eigenvalue weighted by molar-refractivity contribution is 0.415. The van der Waals surface area contributed by atoms with Crippen molar-refractivity contribution in [2.24, 2.45) is 0 Å². The molecule has 4 aromatic rings. The molecule has 2 aromatic heterocycles. The number of H-pyrrole nitrogens is 1. The molecule has 0 atom stereocenters. The lowest BCUT2D eigenvalue weighted by atomic mass is 10.0. The van der Waals surface area contributed by atoms with E-state index in [2.05, 4.69) is 16.0 Å². The number of para-hydroxylation sites is 1. The van der Waals surface area contributed by atoms with Gasteiger partial charge in [-0.05, 0) is 35.9 Å². The number of nitrogens with zero attached hydrogens (tertiary/aromatic N) is 1. The molecule has 0 saturated heterocycles. The zero-order valence-corrected chi connectivity index (χ0v) is 12.5. The fourth-order valence-corrected chi connectivity index (χ4v) is 2.78. The minimum absolute atomic E-state index is 0.158. The number of nitrogen functional groups attached to an aromatic ring is 1. The van der Waals surface area contributed by atoms with E-state index in [1.807, 2.05) is 42.5 Å². The van der Waals surface area contributed by atoms with Gasteiger partial charge in [0.25, 0.3) is 6.01 Å². The Balaban J connectivity index is 1.98. The molecule has 0 radical (unpaired) electrons. The van der Waals surface area contributed by atoms with Crippen LogP contribution in [0.15, 0.2) is 59.2 Å². The van der Waals surface area contributed by atoms with Crippen LogP contribution in [0.5, 0.6) is 5.75 Å². The van der Waals surface area contributed by atoms with Gasteiger partial charge < -0.3 is 19.9 Å². The van der Waals surface area contributed by atoms with E-state index >= 15 is 0 Å². The number of aromatic amines is 1. The molecule has 0 amide bonds. The number of oxazole rings is 1. The number of fused-ring (bicyclic) bond motifs is 1. The number of anilines is 1. The summed E-state index contributed by atoms with van der Waals surface area (Å²) < 4.78 is 10.4. The van der Waals surface area contributed by atoms with Crippen molar-refractivity contribution in [1.82, 2.24) is 9.97 Å². The van der Waals surface area contributed by atoms with Crippen molar-refractivity contribution in [2.45, 2.75) is 0 Å². The molecule has 4 rings (SSSR count). The molecular formula is C18H15N3O2. The summed E-state index contributed by atoms with van der Waals surface area (Å²) in [4.78, 5) is 7.75. The van der Waals surface area contributed by atoms with E-state index in [9.17, 15) is 0 Å². The van der Waals surface area contributed by atoms with E-state index in [0.29, 0.717) is 5.69 Å². The van der Waals surface area contributed by atoms with Gasteiger partial charge in [0.05, 0.1) is 12.8 Å². The molecular weight excluding hydrogens is 290 g/mol. The van der Waals surface area contributed by atoms with Gasteiger partial charge in [-0.3, -0.25) is 0 Å². The van der Waals surface area contributed by atoms with Gasteiger partial charge in [0.1, 0.15) is 17.7 Å². The van der Waals surface area contributed by atoms with Crippen LogP contribution in [0.2, 0.25) is 0 Å². The summed E-state index contributed by atoms with van der Waals surface area (Å²) in [7, 11) is 1.65. The molecule has 0 spiro atoms. The summed E-state index contributed by atoms with van der Waals surface area (Å²) in [6.45, 7) is 0. The third-order valence-corrected chi connectivity index (χ3v) is 3.86. The molecule has 23 heavy (non-hydrogen) atoms. The summed E-state index contributed by atoms with van der Waals surface area (Å²) >= 11 is 0. The molecule has 0 aliphatic rings. The molecule has 0 saturated carbocycles. The SMILES string of the molecule is COc1ccc(-c2[nH]c3ccccc3c2-c2coc(N)n2)cc1. The molecule has 3 N–H and O–H groups in total. The number of nitrogens with one attached hydrogen (secondary N) is 1. The highest BCUT2D eigenvalue weighted by molar-refractivity contribution is 6.02. The lowest BCUT2D eigenvalue weighted by Crippen LogP contribution is -1.86. The van der Waals surface area contributed by atoms with Crippen LogP contribution in [0.4, 0.5) is 6.01 Å². The Hall–Kier alpha value is -3.21. The summed E-state index contributed by atoms with van der Waals surface area (Å²) in [5.41, 5.74) is 10.4. The van der Waals surface area contributed by atoms with Crippen LogP contribution < -0.4 is 10.5 Å². The van der Waals surface area contributed by atoms with Crippen molar-refractivity contribution in [3.8, 4) is 28.3 Å². The van der Waals surface area contributed by atoms with E-state index < -0.39 is 0 Å². The van der Waals surface area contributed by atoms with Crippen molar-refractivity contribution in [2.75, 3.05) is 12.8 Å². The number of nitrogens with two attached hydrogens (primary N) is 1. The Morgan fingerprint density at radius 2 is 1.87 bits per heavy atom. The third-order valence-electron chi connectivity index (χ3n) is 3.86. The van der Waals surface area contributed by atoms with Gasteiger partial charge in [-0.1, -0.05) is 18.2 Å². The van der Waals surface area contributed by atoms with Crippen molar-refractivity contribution >= 4 is 16.9 Å². The number of hydrogen-bond donors (Lipinski definition) is 2. The maximum atomic E-state index is 5.65. The number of benzene rings is 2. The summed E-state index contributed by atoms with van der Waals surface area (Å²) in [5, 5.41) is 1.08. The van der Waals surface area contributed by atoms with Gasteiger partial charge in [0.15, 0.2) is 0 Å². The van der Waals surface area contributed by atoms with Crippen molar-refractivity contribution < 1.29 is 9.15 Å². The Kier molecular flexibility index (Phi) is 3.05. The first-order valence-corrected chi connectivity index (χ1v) is 7.23. The van der Waals surface area contributed by atoms with Crippen molar-refractivity contribution in [3.63, 3.8) is 0 Å². The number of rotatable bonds is 3. The second kappa shape index (κ2) is 5.21. The Morgan fingerprint density at radius 1 is 1.09 bits per heavy atom. The minimum atomic E-state index is 0.158. The van der Waals surface area contributed by atoms with Gasteiger partial charge in [-0.2, -0.15) is 4.98 Å². The van der Waals surface area contributed by atoms with Crippen molar-refractivity contribution in [3.05, 3.63) is 54.8 Å². The van der Waals surface area contributed by atoms with Crippen LogP contribution in [0, 0.1) is 0 Å². The topological polar surface area (TPSA) is 77.1 Å². The number of methoxy groups -OCH3 is 1. The van der Waals surface area contributed by atoms with E-state index in [4.69, 9.17) is 14.9 Å². The summed E-state index contributed by atoms with van der Waals surface area (Å²) in [6, 6.07) is 16.1. The fraction of sp³-hybridized carbons (Fsp3) is 0.0556. The highest BCUT2D eigenvalue weighted by atomic mass is 16.5. The maximum absolute atomic E-state index is 5.65. The second-order valence-electron chi connectivity index (χ2n) is 5.22. The minimum Gasteiger partial charge on any atom is -0.497 e. The standard InChI is InChI=1S/C18H15N3O2/c1-22-12-8-6-11(7-9-12)17-16(15-10-23-18(19)21-15)13-4-2-3-5-14(13)20-17/h2-10,20H,1H3,(H2,19,21). The predicted molar refractivity (Wildman–Crippen MR) is 90.2 cm³/mol. The van der Waals surface area contributed by atoms with Gasteiger partial charge in [0.2, 0.25) is 0 Å². The van der Waals surface area contributed by atoms with Crippen LogP contribution >= 0.6 is 0 Å². The lowest BCUT2D eigenvalue weighted by Gasteiger charge is -2.04. The molecule has 5 heteroatoms. The third kappa shape index (κ3) is 2.23. The van der Waals surface area contributed by atoms with Crippen LogP contribution in [0.1, 0.15) is 0 Å². The van der Waals surface area contributed by atoms with Gasteiger partial charge >= 0.3 is 0 Å². The molecule has 0 bridgehead atoms. The molecule has 0 aliphatic heterocycles. The van der Waals surface area contributed by atoms with E-state index in [1.165, 1.54) is 0 Å². The maximum Gasteiger partial charge on any atom is 0.292 e. The average molecular weight is 305 g/mol. The van der Waals surface area contributed by atoms with E-state index in [0.717, 1.165) is 33.5 Å². The zero-order chi connectivity index (χ0) is 15.8. The van der Waals surface area contributed by atoms with E-state index in [-0.39, 0.29) is 6.01 Å². The van der Waals surface area contributed by atoms with Gasteiger partial charge in [-0.25, -0.2) is 0 Å². The van der Waals surface area contributed by atoms with Crippen LogP contribution in [-0.4, -0.2) is 17.1 Å².